The van der Waals surface area contributed by atoms with Gasteiger partial charge >= 0.3 is 0 Å². The Kier molecular flexibility index (Phi) is 3.38. The van der Waals surface area contributed by atoms with Gasteiger partial charge in [0, 0.05) is 6.61 Å². The minimum Gasteiger partial charge on any atom is -0.486 e. The summed E-state index contributed by atoms with van der Waals surface area (Å²) in [6.45, 7) is 1.37. The molecule has 0 radical (unpaired) electrons. The first-order valence-corrected chi connectivity index (χ1v) is 6.15. The summed E-state index contributed by atoms with van der Waals surface area (Å²) >= 11 is 1.63. The Bertz CT molecular complexity index is 352. The van der Waals surface area contributed by atoms with Crippen molar-refractivity contribution in [1.29, 1.82) is 0 Å². The van der Waals surface area contributed by atoms with Gasteiger partial charge in [-0.1, -0.05) is 6.07 Å². The zero-order chi connectivity index (χ0) is 10.7. The molecular formula is C11H14O3S. The van der Waals surface area contributed by atoms with Crippen LogP contribution in [0.25, 0.3) is 0 Å². The summed E-state index contributed by atoms with van der Waals surface area (Å²) in [6, 6.07) is 3.91. The predicted octanol–water partition coefficient (Wildman–Crippen LogP) is 1.71. The molecule has 2 rings (SSSR count). The van der Waals surface area contributed by atoms with Crippen LogP contribution in [0.2, 0.25) is 0 Å². The summed E-state index contributed by atoms with van der Waals surface area (Å²) in [6.07, 6.45) is 2.67. The van der Waals surface area contributed by atoms with E-state index in [9.17, 15) is 0 Å². The molecule has 0 fully saturated rings. The van der Waals surface area contributed by atoms with Crippen molar-refractivity contribution in [2.45, 2.75) is 11.3 Å². The molecule has 0 amide bonds. The summed E-state index contributed by atoms with van der Waals surface area (Å²) in [5.41, 5.74) is 1.12. The van der Waals surface area contributed by atoms with Crippen molar-refractivity contribution in [3.8, 4) is 11.5 Å². The van der Waals surface area contributed by atoms with Crippen LogP contribution in [0.1, 0.15) is 5.56 Å². The van der Waals surface area contributed by atoms with E-state index in [1.165, 1.54) is 0 Å². The van der Waals surface area contributed by atoms with Crippen LogP contribution in [0.3, 0.4) is 0 Å². The highest BCUT2D eigenvalue weighted by atomic mass is 32.2. The molecule has 4 heteroatoms. The third-order valence-corrected chi connectivity index (χ3v) is 3.19. The SMILES string of the molecule is CSc1c(CCO)ccc2c1OCCO2. The summed E-state index contributed by atoms with van der Waals surface area (Å²) in [5, 5.41) is 8.96. The Morgan fingerprint density at radius 2 is 2.13 bits per heavy atom. The van der Waals surface area contributed by atoms with Gasteiger partial charge in [0.1, 0.15) is 13.2 Å². The van der Waals surface area contributed by atoms with Gasteiger partial charge < -0.3 is 14.6 Å². The zero-order valence-electron chi connectivity index (χ0n) is 8.66. The second-order valence-electron chi connectivity index (χ2n) is 3.26. The van der Waals surface area contributed by atoms with Gasteiger partial charge in [-0.25, -0.2) is 0 Å². The first kappa shape index (κ1) is 10.6. The summed E-state index contributed by atoms with van der Waals surface area (Å²) in [4.78, 5) is 1.08. The van der Waals surface area contributed by atoms with Crippen molar-refractivity contribution in [1.82, 2.24) is 0 Å². The van der Waals surface area contributed by atoms with Crippen molar-refractivity contribution >= 4 is 11.8 Å². The Morgan fingerprint density at radius 1 is 1.33 bits per heavy atom. The molecule has 0 atom stereocenters. The maximum absolute atomic E-state index is 8.96. The van der Waals surface area contributed by atoms with Crippen molar-refractivity contribution in [3.63, 3.8) is 0 Å². The van der Waals surface area contributed by atoms with Crippen molar-refractivity contribution < 1.29 is 14.6 Å². The summed E-state index contributed by atoms with van der Waals surface area (Å²) < 4.78 is 11.1. The molecule has 1 aliphatic heterocycles. The van der Waals surface area contributed by atoms with Crippen LogP contribution >= 0.6 is 11.8 Å². The number of rotatable bonds is 3. The molecular weight excluding hydrogens is 212 g/mol. The van der Waals surface area contributed by atoms with Crippen molar-refractivity contribution in [3.05, 3.63) is 17.7 Å². The molecule has 0 aromatic heterocycles. The topological polar surface area (TPSA) is 38.7 Å². The number of ether oxygens (including phenoxy) is 2. The Balaban J connectivity index is 2.42. The van der Waals surface area contributed by atoms with E-state index < -0.39 is 0 Å². The minimum atomic E-state index is 0.160. The van der Waals surface area contributed by atoms with Crippen LogP contribution in [-0.4, -0.2) is 31.2 Å². The van der Waals surface area contributed by atoms with Gasteiger partial charge in [0.05, 0.1) is 4.90 Å². The molecule has 15 heavy (non-hydrogen) atoms. The average molecular weight is 226 g/mol. The Hall–Kier alpha value is -0.870. The molecule has 1 aromatic carbocycles. The van der Waals surface area contributed by atoms with Gasteiger partial charge in [-0.2, -0.15) is 0 Å². The van der Waals surface area contributed by atoms with Gasteiger partial charge in [0.15, 0.2) is 11.5 Å². The predicted molar refractivity (Wildman–Crippen MR) is 60.0 cm³/mol. The molecule has 1 aromatic rings. The molecule has 0 bridgehead atoms. The third kappa shape index (κ3) is 2.06. The molecule has 1 heterocycles. The first-order valence-electron chi connectivity index (χ1n) is 4.93. The summed E-state index contributed by atoms with van der Waals surface area (Å²) in [7, 11) is 0. The lowest BCUT2D eigenvalue weighted by Crippen LogP contribution is -2.16. The molecule has 0 saturated heterocycles. The zero-order valence-corrected chi connectivity index (χ0v) is 9.47. The van der Waals surface area contributed by atoms with E-state index in [4.69, 9.17) is 14.6 Å². The highest BCUT2D eigenvalue weighted by molar-refractivity contribution is 7.98. The van der Waals surface area contributed by atoms with Gasteiger partial charge in [0.25, 0.3) is 0 Å². The molecule has 1 aliphatic rings. The van der Waals surface area contributed by atoms with Gasteiger partial charge in [-0.15, -0.1) is 11.8 Å². The second kappa shape index (κ2) is 4.77. The Labute approximate surface area is 93.4 Å². The fourth-order valence-electron chi connectivity index (χ4n) is 1.67. The fourth-order valence-corrected chi connectivity index (χ4v) is 2.45. The van der Waals surface area contributed by atoms with Gasteiger partial charge in [0.2, 0.25) is 0 Å². The number of benzene rings is 1. The third-order valence-electron chi connectivity index (χ3n) is 2.33. The lowest BCUT2D eigenvalue weighted by Gasteiger charge is -2.22. The van der Waals surface area contributed by atoms with E-state index in [2.05, 4.69) is 0 Å². The number of hydrogen-bond donors (Lipinski definition) is 1. The maximum atomic E-state index is 8.96. The highest BCUT2D eigenvalue weighted by Gasteiger charge is 2.18. The monoisotopic (exact) mass is 226 g/mol. The van der Waals surface area contributed by atoms with Crippen molar-refractivity contribution in [2.24, 2.45) is 0 Å². The summed E-state index contributed by atoms with van der Waals surface area (Å²) in [5.74, 6) is 1.65. The van der Waals surface area contributed by atoms with Crippen LogP contribution in [0, 0.1) is 0 Å². The smallest absolute Gasteiger partial charge is 0.175 e. The molecule has 0 spiro atoms. The standard InChI is InChI=1S/C11H14O3S/c1-15-11-8(4-5-12)2-3-9-10(11)14-7-6-13-9/h2-3,12H,4-7H2,1H3. The van der Waals surface area contributed by atoms with Crippen LogP contribution in [-0.2, 0) is 6.42 Å². The number of aliphatic hydroxyl groups excluding tert-OH is 1. The van der Waals surface area contributed by atoms with Crippen LogP contribution in [0.5, 0.6) is 11.5 Å². The van der Waals surface area contributed by atoms with Crippen molar-refractivity contribution in [2.75, 3.05) is 26.1 Å². The molecule has 82 valence electrons. The molecule has 0 aliphatic carbocycles. The second-order valence-corrected chi connectivity index (χ2v) is 4.07. The maximum Gasteiger partial charge on any atom is 0.175 e. The van der Waals surface area contributed by atoms with E-state index in [0.29, 0.717) is 19.6 Å². The molecule has 1 N–H and O–H groups in total. The van der Waals surface area contributed by atoms with Gasteiger partial charge in [-0.3, -0.25) is 0 Å². The number of aliphatic hydroxyl groups is 1. The van der Waals surface area contributed by atoms with E-state index in [1.54, 1.807) is 11.8 Å². The lowest BCUT2D eigenvalue weighted by atomic mass is 10.1. The number of hydrogen-bond acceptors (Lipinski definition) is 4. The minimum absolute atomic E-state index is 0.160. The van der Waals surface area contributed by atoms with E-state index >= 15 is 0 Å². The highest BCUT2D eigenvalue weighted by Crippen LogP contribution is 2.41. The largest absolute Gasteiger partial charge is 0.486 e. The number of thioether (sulfide) groups is 1. The number of fused-ring (bicyclic) bond motifs is 1. The van der Waals surface area contributed by atoms with Crippen LogP contribution in [0.4, 0.5) is 0 Å². The lowest BCUT2D eigenvalue weighted by molar-refractivity contribution is 0.167. The molecule has 0 saturated carbocycles. The van der Waals surface area contributed by atoms with E-state index in [1.807, 2.05) is 18.4 Å². The average Bonchev–Trinajstić information content (AvgIpc) is 2.29. The Morgan fingerprint density at radius 3 is 2.87 bits per heavy atom. The van der Waals surface area contributed by atoms with Gasteiger partial charge in [-0.05, 0) is 24.3 Å². The molecule has 0 unspecified atom stereocenters. The van der Waals surface area contributed by atoms with E-state index in [0.717, 1.165) is 22.0 Å². The quantitative estimate of drug-likeness (QED) is 0.796. The fraction of sp³-hybridized carbons (Fsp3) is 0.455. The molecule has 3 nitrogen and oxygen atoms in total. The van der Waals surface area contributed by atoms with E-state index in [-0.39, 0.29) is 6.61 Å². The first-order chi connectivity index (χ1) is 7.36. The van der Waals surface area contributed by atoms with Crippen LogP contribution < -0.4 is 9.47 Å². The van der Waals surface area contributed by atoms with Crippen LogP contribution in [0.15, 0.2) is 17.0 Å². The normalized spacial score (nSPS) is 14.0.